The molecule has 0 aliphatic heterocycles. The zero-order valence-corrected chi connectivity index (χ0v) is 20.4. The van der Waals surface area contributed by atoms with Gasteiger partial charge in [-0.15, -0.1) is 0 Å². The summed E-state index contributed by atoms with van der Waals surface area (Å²) in [4.78, 5) is 34.2. The highest BCUT2D eigenvalue weighted by atomic mass is 16.5. The first kappa shape index (κ1) is 24.5. The topological polar surface area (TPSA) is 107 Å². The van der Waals surface area contributed by atoms with Crippen molar-refractivity contribution >= 4 is 28.6 Å². The standard InChI is InChI=1S/C27H27N5O4/c1-5-24(33)30-20-8-6-17(7-9-20)10-11-32-25-19(16-29-27(28-2)31-25)14-23(26(32)34)18-12-21(35-3)15-22(13-18)36-4/h5-9,12-16H,1,10-11H2,2-4H3,(H,30,33)(H,28,29,31). The number of hydrogen-bond acceptors (Lipinski definition) is 7. The highest BCUT2D eigenvalue weighted by Crippen LogP contribution is 2.29. The van der Waals surface area contributed by atoms with Crippen LogP contribution in [0.4, 0.5) is 11.6 Å². The molecule has 0 saturated carbocycles. The summed E-state index contributed by atoms with van der Waals surface area (Å²) >= 11 is 0. The molecule has 9 heteroatoms. The fourth-order valence-corrected chi connectivity index (χ4v) is 3.85. The maximum atomic E-state index is 13.8. The van der Waals surface area contributed by atoms with Crippen LogP contribution in [0.5, 0.6) is 11.5 Å². The van der Waals surface area contributed by atoms with Gasteiger partial charge >= 0.3 is 0 Å². The molecule has 2 aromatic carbocycles. The van der Waals surface area contributed by atoms with Crippen molar-refractivity contribution in [3.63, 3.8) is 0 Å². The summed E-state index contributed by atoms with van der Waals surface area (Å²) < 4.78 is 12.5. The van der Waals surface area contributed by atoms with Gasteiger partial charge in [-0.05, 0) is 54.0 Å². The van der Waals surface area contributed by atoms with Gasteiger partial charge in [-0.3, -0.25) is 14.2 Å². The van der Waals surface area contributed by atoms with Crippen molar-refractivity contribution in [2.45, 2.75) is 13.0 Å². The first-order valence-electron chi connectivity index (χ1n) is 11.3. The van der Waals surface area contributed by atoms with Crippen LogP contribution >= 0.6 is 0 Å². The van der Waals surface area contributed by atoms with Gasteiger partial charge in [-0.1, -0.05) is 18.7 Å². The Morgan fingerprint density at radius 3 is 2.39 bits per heavy atom. The molecule has 0 aliphatic rings. The van der Waals surface area contributed by atoms with E-state index in [0.717, 1.165) is 10.9 Å². The molecule has 184 valence electrons. The number of aromatic nitrogens is 3. The first-order chi connectivity index (χ1) is 17.4. The largest absolute Gasteiger partial charge is 0.497 e. The third kappa shape index (κ3) is 5.20. The van der Waals surface area contributed by atoms with Crippen LogP contribution in [0, 0.1) is 0 Å². The van der Waals surface area contributed by atoms with Gasteiger partial charge < -0.3 is 20.1 Å². The number of rotatable bonds is 9. The Hall–Kier alpha value is -4.66. The number of pyridine rings is 1. The van der Waals surface area contributed by atoms with Gasteiger partial charge in [0.25, 0.3) is 5.56 Å². The van der Waals surface area contributed by atoms with E-state index in [1.54, 1.807) is 56.3 Å². The van der Waals surface area contributed by atoms with Crippen LogP contribution < -0.4 is 25.7 Å². The van der Waals surface area contributed by atoms with Gasteiger partial charge in [0.15, 0.2) is 0 Å². The molecule has 0 radical (unpaired) electrons. The Morgan fingerprint density at radius 1 is 1.08 bits per heavy atom. The van der Waals surface area contributed by atoms with E-state index >= 15 is 0 Å². The predicted octanol–water partition coefficient (Wildman–Crippen LogP) is 3.88. The predicted molar refractivity (Wildman–Crippen MR) is 141 cm³/mol. The second-order valence-corrected chi connectivity index (χ2v) is 7.98. The molecule has 2 heterocycles. The fraction of sp³-hybridized carbons (Fsp3) is 0.185. The Bertz CT molecular complexity index is 1460. The normalized spacial score (nSPS) is 10.6. The van der Waals surface area contributed by atoms with Gasteiger partial charge in [0.2, 0.25) is 11.9 Å². The van der Waals surface area contributed by atoms with Gasteiger partial charge in [0, 0.05) is 42.5 Å². The zero-order valence-electron chi connectivity index (χ0n) is 20.4. The van der Waals surface area contributed by atoms with Crippen LogP contribution in [0.1, 0.15) is 5.56 Å². The van der Waals surface area contributed by atoms with Gasteiger partial charge in [0.05, 0.1) is 14.2 Å². The van der Waals surface area contributed by atoms with Crippen LogP contribution in [0.2, 0.25) is 0 Å². The molecule has 4 rings (SSSR count). The van der Waals surface area contributed by atoms with Crippen LogP contribution in [-0.2, 0) is 17.8 Å². The summed E-state index contributed by atoms with van der Waals surface area (Å²) in [6, 6.07) is 14.6. The number of carbonyl (C=O) groups excluding carboxylic acids is 1. The summed E-state index contributed by atoms with van der Waals surface area (Å²) in [5.74, 6) is 1.32. The van der Waals surface area contributed by atoms with E-state index in [1.807, 2.05) is 24.3 Å². The van der Waals surface area contributed by atoms with E-state index in [9.17, 15) is 9.59 Å². The third-order valence-corrected chi connectivity index (χ3v) is 5.74. The molecule has 0 spiro atoms. The number of nitrogens with zero attached hydrogens (tertiary/aromatic N) is 3. The van der Waals surface area contributed by atoms with E-state index in [4.69, 9.17) is 9.47 Å². The van der Waals surface area contributed by atoms with Crippen molar-refractivity contribution in [2.75, 3.05) is 31.9 Å². The molecule has 2 aromatic heterocycles. The summed E-state index contributed by atoms with van der Waals surface area (Å²) in [7, 11) is 4.87. The quantitative estimate of drug-likeness (QED) is 0.347. The van der Waals surface area contributed by atoms with Gasteiger partial charge in [-0.2, -0.15) is 4.98 Å². The Labute approximate surface area is 208 Å². The number of amides is 1. The number of hydrogen-bond donors (Lipinski definition) is 2. The van der Waals surface area contributed by atoms with Crippen LogP contribution in [-0.4, -0.2) is 41.7 Å². The molecule has 0 fully saturated rings. The second-order valence-electron chi connectivity index (χ2n) is 7.98. The average molecular weight is 486 g/mol. The van der Waals surface area contributed by atoms with E-state index in [0.29, 0.717) is 52.9 Å². The number of methoxy groups -OCH3 is 2. The Balaban J connectivity index is 1.76. The Kier molecular flexibility index (Phi) is 7.29. The van der Waals surface area contributed by atoms with Crippen molar-refractivity contribution in [3.8, 4) is 22.6 Å². The number of benzene rings is 2. The molecule has 0 bridgehead atoms. The molecule has 0 atom stereocenters. The molecule has 0 unspecified atom stereocenters. The number of anilines is 2. The van der Waals surface area contributed by atoms with E-state index in [-0.39, 0.29) is 11.5 Å². The summed E-state index contributed by atoms with van der Waals surface area (Å²) in [6.07, 6.45) is 3.49. The summed E-state index contributed by atoms with van der Waals surface area (Å²) in [6.45, 7) is 3.85. The maximum Gasteiger partial charge on any atom is 0.260 e. The van der Waals surface area contributed by atoms with Crippen molar-refractivity contribution < 1.29 is 14.3 Å². The third-order valence-electron chi connectivity index (χ3n) is 5.74. The number of aryl methyl sites for hydroxylation is 2. The van der Waals surface area contributed by atoms with Crippen molar-refractivity contribution in [1.82, 2.24) is 14.5 Å². The van der Waals surface area contributed by atoms with Crippen molar-refractivity contribution in [3.05, 3.63) is 83.3 Å². The van der Waals surface area contributed by atoms with Crippen LogP contribution in [0.3, 0.4) is 0 Å². The number of fused-ring (bicyclic) bond motifs is 1. The van der Waals surface area contributed by atoms with Crippen LogP contribution in [0.15, 0.2) is 72.2 Å². The summed E-state index contributed by atoms with van der Waals surface area (Å²) in [5, 5.41) is 6.39. The lowest BCUT2D eigenvalue weighted by Gasteiger charge is -2.14. The number of nitrogens with one attached hydrogen (secondary N) is 2. The molecule has 1 amide bonds. The minimum Gasteiger partial charge on any atom is -0.497 e. The molecular weight excluding hydrogens is 458 g/mol. The number of carbonyl (C=O) groups is 1. The zero-order chi connectivity index (χ0) is 25.7. The highest BCUT2D eigenvalue weighted by Gasteiger charge is 2.15. The maximum absolute atomic E-state index is 13.8. The van der Waals surface area contributed by atoms with E-state index in [2.05, 4.69) is 27.2 Å². The molecule has 0 aliphatic carbocycles. The monoisotopic (exact) mass is 485 g/mol. The Morgan fingerprint density at radius 2 is 1.78 bits per heavy atom. The van der Waals surface area contributed by atoms with Gasteiger partial charge in [-0.25, -0.2) is 4.98 Å². The molecule has 9 nitrogen and oxygen atoms in total. The first-order valence-corrected chi connectivity index (χ1v) is 11.3. The van der Waals surface area contributed by atoms with E-state index in [1.165, 1.54) is 6.08 Å². The lowest BCUT2D eigenvalue weighted by Crippen LogP contribution is -2.24. The molecule has 2 N–H and O–H groups in total. The second kappa shape index (κ2) is 10.7. The average Bonchev–Trinajstić information content (AvgIpc) is 2.92. The lowest BCUT2D eigenvalue weighted by molar-refractivity contribution is -0.111. The SMILES string of the molecule is C=CC(=O)Nc1ccc(CCn2c(=O)c(-c3cc(OC)cc(OC)c3)cc3cnc(NC)nc32)cc1. The molecule has 36 heavy (non-hydrogen) atoms. The number of ether oxygens (including phenoxy) is 2. The fourth-order valence-electron chi connectivity index (χ4n) is 3.85. The molecular formula is C27H27N5O4. The van der Waals surface area contributed by atoms with Crippen molar-refractivity contribution in [2.24, 2.45) is 0 Å². The highest BCUT2D eigenvalue weighted by molar-refractivity contribution is 5.98. The van der Waals surface area contributed by atoms with Crippen molar-refractivity contribution in [1.29, 1.82) is 0 Å². The minimum atomic E-state index is -0.271. The lowest BCUT2D eigenvalue weighted by atomic mass is 10.0. The van der Waals surface area contributed by atoms with Crippen LogP contribution in [0.25, 0.3) is 22.2 Å². The molecule has 4 aromatic rings. The van der Waals surface area contributed by atoms with Gasteiger partial charge in [0.1, 0.15) is 17.1 Å². The van der Waals surface area contributed by atoms with E-state index < -0.39 is 0 Å². The smallest absolute Gasteiger partial charge is 0.260 e. The summed E-state index contributed by atoms with van der Waals surface area (Å²) in [5.41, 5.74) is 3.19. The minimum absolute atomic E-state index is 0.187. The molecule has 0 saturated heterocycles.